The van der Waals surface area contributed by atoms with E-state index >= 15 is 0 Å². The van der Waals surface area contributed by atoms with Crippen LogP contribution in [0.25, 0.3) is 0 Å². The van der Waals surface area contributed by atoms with Gasteiger partial charge in [0.2, 0.25) is 0 Å². The number of piperidine rings is 1. The summed E-state index contributed by atoms with van der Waals surface area (Å²) in [6, 6.07) is 1.04. The van der Waals surface area contributed by atoms with E-state index < -0.39 is 18.2 Å². The van der Waals surface area contributed by atoms with E-state index in [2.05, 4.69) is 59.5 Å². The maximum absolute atomic E-state index is 14.3. The molecule has 288 valence electrons. The molecular weight excluding hydrogens is 627 g/mol. The van der Waals surface area contributed by atoms with Gasteiger partial charge in [0.15, 0.2) is 0 Å². The number of nitrogens with one attached hydrogen (secondary N) is 1. The summed E-state index contributed by atoms with van der Waals surface area (Å²) in [4.78, 5) is 0. The molecule has 15 atom stereocenters. The zero-order valence-corrected chi connectivity index (χ0v) is 33.0. The first-order valence-electron chi connectivity index (χ1n) is 21.6. The fourth-order valence-corrected chi connectivity index (χ4v) is 12.0. The lowest BCUT2D eigenvalue weighted by Gasteiger charge is -2.51. The summed E-state index contributed by atoms with van der Waals surface area (Å²) in [5.74, 6) is 4.36. The highest BCUT2D eigenvalue weighted by molar-refractivity contribution is 5.13. The largest absolute Gasteiger partial charge is 0.391 e. The maximum Gasteiger partial charge on any atom is 0.391 e. The Labute approximate surface area is 305 Å². The van der Waals surface area contributed by atoms with Crippen LogP contribution in [-0.2, 0) is 0 Å². The lowest BCUT2D eigenvalue weighted by Crippen LogP contribution is -2.56. The molecule has 1 aliphatic heterocycles. The second-order valence-electron chi connectivity index (χ2n) is 19.2. The van der Waals surface area contributed by atoms with Gasteiger partial charge in [-0.15, -0.1) is 0 Å². The highest BCUT2D eigenvalue weighted by Crippen LogP contribution is 2.50. The summed E-state index contributed by atoms with van der Waals surface area (Å²) in [6.07, 6.45) is 17.7. The van der Waals surface area contributed by atoms with E-state index in [9.17, 15) is 18.3 Å². The van der Waals surface area contributed by atoms with Gasteiger partial charge in [-0.1, -0.05) is 78.0 Å². The second-order valence-corrected chi connectivity index (χ2v) is 19.2. The lowest BCUT2D eigenvalue weighted by molar-refractivity contribution is -0.193. The number of aliphatic hydroxyl groups excluding tert-OH is 1. The third-order valence-electron chi connectivity index (χ3n) is 15.6. The minimum absolute atomic E-state index is 0.0153. The molecule has 5 rings (SSSR count). The molecule has 0 amide bonds. The van der Waals surface area contributed by atoms with Crippen LogP contribution in [0.5, 0.6) is 0 Å². The number of hydrogen-bond acceptors (Lipinski definition) is 2. The molecule has 0 radical (unpaired) electrons. The van der Waals surface area contributed by atoms with Crippen molar-refractivity contribution in [3.63, 3.8) is 0 Å². The zero-order chi connectivity index (χ0) is 36.2. The molecule has 50 heavy (non-hydrogen) atoms. The molecular formula is C45H76F3NO. The molecule has 2 bridgehead atoms. The average Bonchev–Trinajstić information content (AvgIpc) is 3.08. The Bertz CT molecular complexity index is 1100. The Morgan fingerprint density at radius 3 is 2.28 bits per heavy atom. The van der Waals surface area contributed by atoms with E-state index in [1.54, 1.807) is 0 Å². The molecule has 2 nitrogen and oxygen atoms in total. The summed E-state index contributed by atoms with van der Waals surface area (Å²) >= 11 is 0. The molecule has 4 aliphatic carbocycles. The van der Waals surface area contributed by atoms with Crippen LogP contribution in [0.1, 0.15) is 164 Å². The van der Waals surface area contributed by atoms with Gasteiger partial charge in [0, 0.05) is 12.1 Å². The van der Waals surface area contributed by atoms with Crippen molar-refractivity contribution in [2.45, 2.75) is 188 Å². The van der Waals surface area contributed by atoms with Crippen LogP contribution in [0.3, 0.4) is 0 Å². The topological polar surface area (TPSA) is 32.3 Å². The van der Waals surface area contributed by atoms with E-state index in [-0.39, 0.29) is 30.6 Å². The minimum atomic E-state index is -4.21. The van der Waals surface area contributed by atoms with Gasteiger partial charge in [0.05, 0.1) is 12.0 Å². The Hall–Kier alpha value is -0.810. The molecule has 1 saturated heterocycles. The maximum atomic E-state index is 14.3. The Morgan fingerprint density at radius 2 is 1.58 bits per heavy atom. The van der Waals surface area contributed by atoms with Crippen LogP contribution in [-0.4, -0.2) is 29.5 Å². The first kappa shape index (κ1) is 40.4. The van der Waals surface area contributed by atoms with Crippen LogP contribution in [0.2, 0.25) is 0 Å². The Kier molecular flexibility index (Phi) is 14.5. The van der Waals surface area contributed by atoms with E-state index in [0.717, 1.165) is 74.2 Å². The smallest absolute Gasteiger partial charge is 0.388 e. The van der Waals surface area contributed by atoms with Crippen molar-refractivity contribution in [3.05, 3.63) is 23.8 Å². The van der Waals surface area contributed by atoms with Gasteiger partial charge in [-0.25, -0.2) is 0 Å². The quantitative estimate of drug-likeness (QED) is 0.210. The zero-order valence-electron chi connectivity index (χ0n) is 33.0. The molecule has 1 heterocycles. The van der Waals surface area contributed by atoms with Gasteiger partial charge in [0.25, 0.3) is 0 Å². The van der Waals surface area contributed by atoms with Crippen LogP contribution in [0.15, 0.2) is 23.8 Å². The second kappa shape index (κ2) is 18.0. The normalized spacial score (nSPS) is 41.9. The van der Waals surface area contributed by atoms with Gasteiger partial charge >= 0.3 is 6.18 Å². The Morgan fingerprint density at radius 1 is 0.860 bits per heavy atom. The third kappa shape index (κ3) is 10.4. The SMILES string of the molecule is C=C(C1CCC(C)C(C2NC(C)C3CCC(C4CCCC(C)C4)CCC2C3)C1)C(O)C1CC(CCC(C)CC=C(C)CC)CC(C(F)(F)F)C1. The van der Waals surface area contributed by atoms with Crippen LogP contribution < -0.4 is 5.32 Å². The highest BCUT2D eigenvalue weighted by Gasteiger charge is 2.48. The monoisotopic (exact) mass is 704 g/mol. The molecule has 5 fully saturated rings. The first-order valence-corrected chi connectivity index (χ1v) is 21.6. The van der Waals surface area contributed by atoms with Crippen molar-refractivity contribution in [2.24, 2.45) is 71.0 Å². The molecule has 15 unspecified atom stereocenters. The number of allylic oxidation sites excluding steroid dienone is 2. The predicted octanol–water partition coefficient (Wildman–Crippen LogP) is 12.7. The number of rotatable bonds is 11. The van der Waals surface area contributed by atoms with Gasteiger partial charge in [-0.3, -0.25) is 0 Å². The number of alkyl halides is 3. The molecule has 0 spiro atoms. The van der Waals surface area contributed by atoms with Crippen molar-refractivity contribution in [1.82, 2.24) is 5.32 Å². The number of aliphatic hydroxyl groups is 1. The van der Waals surface area contributed by atoms with E-state index in [1.807, 2.05) is 0 Å². The van der Waals surface area contributed by atoms with Crippen LogP contribution in [0, 0.1) is 71.0 Å². The lowest BCUT2D eigenvalue weighted by atomic mass is 9.61. The number of hydrogen-bond donors (Lipinski definition) is 2. The molecule has 5 aliphatic rings. The summed E-state index contributed by atoms with van der Waals surface area (Å²) in [7, 11) is 0. The fourth-order valence-electron chi connectivity index (χ4n) is 12.0. The van der Waals surface area contributed by atoms with E-state index in [1.165, 1.54) is 63.4 Å². The van der Waals surface area contributed by atoms with Gasteiger partial charge in [0.1, 0.15) is 0 Å². The van der Waals surface area contributed by atoms with Crippen LogP contribution in [0.4, 0.5) is 13.2 Å². The van der Waals surface area contributed by atoms with Gasteiger partial charge in [-0.05, 0) is 174 Å². The average molecular weight is 704 g/mol. The summed E-state index contributed by atoms with van der Waals surface area (Å²) < 4.78 is 42.8. The van der Waals surface area contributed by atoms with Crippen molar-refractivity contribution in [2.75, 3.05) is 0 Å². The van der Waals surface area contributed by atoms with Crippen LogP contribution >= 0.6 is 0 Å². The van der Waals surface area contributed by atoms with Crippen molar-refractivity contribution in [3.8, 4) is 0 Å². The molecule has 0 aromatic carbocycles. The fraction of sp³-hybridized carbons (Fsp3) is 0.911. The first-order chi connectivity index (χ1) is 23.7. The highest BCUT2D eigenvalue weighted by atomic mass is 19.4. The third-order valence-corrected chi connectivity index (χ3v) is 15.6. The van der Waals surface area contributed by atoms with Gasteiger partial charge < -0.3 is 10.4 Å². The number of halogens is 3. The summed E-state index contributed by atoms with van der Waals surface area (Å²) in [6.45, 7) is 18.4. The van der Waals surface area contributed by atoms with E-state index in [0.29, 0.717) is 42.2 Å². The number of fused-ring (bicyclic) bond motifs is 2. The van der Waals surface area contributed by atoms with Crippen molar-refractivity contribution >= 4 is 0 Å². The predicted molar refractivity (Wildman–Crippen MR) is 204 cm³/mol. The Balaban J connectivity index is 1.22. The standard InChI is InChI=1S/C45H76F3NO/c1-8-28(2)12-13-29(3)14-16-34-23-40(26-41(24-34)45(46,47)48)44(50)32(6)36-17-15-31(5)42(27-36)43-39-21-19-35(38-11-9-10-30(4)22-38)18-20-37(25-39)33(7)49-43/h12,29-31,33-44,49-50H,6,8-11,13-27H2,1-5,7H3. The molecule has 2 N–H and O–H groups in total. The molecule has 0 aromatic heterocycles. The molecule has 5 heteroatoms. The molecule has 0 aromatic rings. The molecule has 4 saturated carbocycles. The van der Waals surface area contributed by atoms with Crippen molar-refractivity contribution < 1.29 is 18.3 Å². The summed E-state index contributed by atoms with van der Waals surface area (Å²) in [5.41, 5.74) is 2.22. The summed E-state index contributed by atoms with van der Waals surface area (Å²) in [5, 5.41) is 16.0. The van der Waals surface area contributed by atoms with Crippen molar-refractivity contribution in [1.29, 1.82) is 0 Å². The minimum Gasteiger partial charge on any atom is -0.388 e. The van der Waals surface area contributed by atoms with E-state index in [4.69, 9.17) is 0 Å². The van der Waals surface area contributed by atoms with Gasteiger partial charge in [-0.2, -0.15) is 13.2 Å².